The van der Waals surface area contributed by atoms with Crippen molar-refractivity contribution in [3.05, 3.63) is 0 Å². The normalized spacial score (nSPS) is 31.7. The van der Waals surface area contributed by atoms with E-state index in [0.717, 1.165) is 12.0 Å². The van der Waals surface area contributed by atoms with Crippen molar-refractivity contribution in [2.24, 2.45) is 5.92 Å². The Hall–Kier alpha value is -0.0800. The van der Waals surface area contributed by atoms with E-state index in [2.05, 4.69) is 17.1 Å². The first-order valence-electron chi connectivity index (χ1n) is 7.31. The molecule has 1 atom stereocenters. The second kappa shape index (κ2) is 6.61. The van der Waals surface area contributed by atoms with Crippen LogP contribution in [0, 0.1) is 5.92 Å². The fourth-order valence-corrected chi connectivity index (χ4v) is 3.27. The van der Waals surface area contributed by atoms with E-state index >= 15 is 0 Å². The monoisotopic (exact) mass is 224 g/mol. The lowest BCUT2D eigenvalue weighted by atomic mass is 10.0. The average molecular weight is 224 g/mol. The van der Waals surface area contributed by atoms with Crippen molar-refractivity contribution < 1.29 is 0 Å². The van der Waals surface area contributed by atoms with Crippen LogP contribution in [-0.2, 0) is 0 Å². The fourth-order valence-electron chi connectivity index (χ4n) is 3.27. The summed E-state index contributed by atoms with van der Waals surface area (Å²) in [5, 5.41) is 3.55. The minimum atomic E-state index is 0.823. The highest BCUT2D eigenvalue weighted by Crippen LogP contribution is 2.23. The van der Waals surface area contributed by atoms with E-state index in [1.165, 1.54) is 71.1 Å². The molecule has 1 aliphatic carbocycles. The van der Waals surface area contributed by atoms with Gasteiger partial charge in [-0.1, -0.05) is 32.6 Å². The summed E-state index contributed by atoms with van der Waals surface area (Å²) in [6.07, 6.45) is 10.1. The Morgan fingerprint density at radius 2 is 1.75 bits per heavy atom. The lowest BCUT2D eigenvalue weighted by Crippen LogP contribution is -2.44. The maximum Gasteiger partial charge on any atom is 0.00953 e. The van der Waals surface area contributed by atoms with Crippen molar-refractivity contribution in [1.29, 1.82) is 0 Å². The molecule has 1 N–H and O–H groups in total. The third-order valence-corrected chi connectivity index (χ3v) is 4.18. The van der Waals surface area contributed by atoms with Crippen LogP contribution in [0.25, 0.3) is 0 Å². The lowest BCUT2D eigenvalue weighted by molar-refractivity contribution is 0.143. The van der Waals surface area contributed by atoms with E-state index < -0.39 is 0 Å². The molecule has 2 aliphatic rings. The van der Waals surface area contributed by atoms with Crippen LogP contribution in [0.2, 0.25) is 0 Å². The zero-order valence-corrected chi connectivity index (χ0v) is 10.9. The number of nitrogens with zero attached hydrogens (tertiary/aromatic N) is 1. The number of rotatable bonds is 1. The van der Waals surface area contributed by atoms with Crippen molar-refractivity contribution in [2.75, 3.05) is 26.2 Å². The molecule has 0 radical (unpaired) electrons. The fraction of sp³-hybridized carbons (Fsp3) is 1.00. The van der Waals surface area contributed by atoms with Crippen LogP contribution in [0.5, 0.6) is 0 Å². The standard InChI is InChI=1S/C14H28N2/c1-13-11-15-9-6-10-16(12-13)14-7-4-2-3-5-8-14/h13-15H,2-12H2,1H3. The zero-order chi connectivity index (χ0) is 11.2. The van der Waals surface area contributed by atoms with Gasteiger partial charge < -0.3 is 10.2 Å². The minimum Gasteiger partial charge on any atom is -0.316 e. The Kier molecular flexibility index (Phi) is 5.11. The van der Waals surface area contributed by atoms with Gasteiger partial charge in [0.2, 0.25) is 0 Å². The topological polar surface area (TPSA) is 15.3 Å². The molecule has 0 bridgehead atoms. The molecule has 2 heteroatoms. The molecule has 0 amide bonds. The predicted molar refractivity (Wildman–Crippen MR) is 69.7 cm³/mol. The molecule has 16 heavy (non-hydrogen) atoms. The summed E-state index contributed by atoms with van der Waals surface area (Å²) in [5.41, 5.74) is 0. The van der Waals surface area contributed by atoms with E-state index in [1.54, 1.807) is 0 Å². The first-order valence-corrected chi connectivity index (χ1v) is 7.31. The highest BCUT2D eigenvalue weighted by Gasteiger charge is 2.22. The van der Waals surface area contributed by atoms with Gasteiger partial charge in [0.15, 0.2) is 0 Å². The molecule has 1 saturated heterocycles. The van der Waals surface area contributed by atoms with Crippen molar-refractivity contribution in [2.45, 2.75) is 57.9 Å². The Bertz CT molecular complexity index is 185. The van der Waals surface area contributed by atoms with Crippen LogP contribution < -0.4 is 5.32 Å². The average Bonchev–Trinajstić information content (AvgIpc) is 2.51. The second-order valence-electron chi connectivity index (χ2n) is 5.80. The van der Waals surface area contributed by atoms with Crippen LogP contribution in [0.1, 0.15) is 51.9 Å². The molecule has 2 nitrogen and oxygen atoms in total. The van der Waals surface area contributed by atoms with Crippen LogP contribution in [0.3, 0.4) is 0 Å². The predicted octanol–water partition coefficient (Wildman–Crippen LogP) is 2.64. The number of nitrogens with one attached hydrogen (secondary N) is 1. The summed E-state index contributed by atoms with van der Waals surface area (Å²) in [7, 11) is 0. The first-order chi connectivity index (χ1) is 7.86. The molecule has 94 valence electrons. The maximum atomic E-state index is 3.55. The van der Waals surface area contributed by atoms with Gasteiger partial charge in [-0.25, -0.2) is 0 Å². The second-order valence-corrected chi connectivity index (χ2v) is 5.80. The maximum absolute atomic E-state index is 3.55. The number of hydrogen-bond donors (Lipinski definition) is 1. The largest absolute Gasteiger partial charge is 0.316 e. The van der Waals surface area contributed by atoms with E-state index in [9.17, 15) is 0 Å². The summed E-state index contributed by atoms with van der Waals surface area (Å²) in [5.74, 6) is 0.823. The van der Waals surface area contributed by atoms with Crippen LogP contribution in [0.4, 0.5) is 0 Å². The molecule has 0 aromatic rings. The molecular weight excluding hydrogens is 196 g/mol. The smallest absolute Gasteiger partial charge is 0.00953 e. The third kappa shape index (κ3) is 3.74. The van der Waals surface area contributed by atoms with Gasteiger partial charge in [0.05, 0.1) is 0 Å². The third-order valence-electron chi connectivity index (χ3n) is 4.18. The molecule has 1 unspecified atom stereocenters. The molecule has 1 saturated carbocycles. The van der Waals surface area contributed by atoms with Crippen LogP contribution in [-0.4, -0.2) is 37.1 Å². The van der Waals surface area contributed by atoms with Gasteiger partial charge in [0, 0.05) is 12.6 Å². The summed E-state index contributed by atoms with van der Waals surface area (Å²) < 4.78 is 0. The summed E-state index contributed by atoms with van der Waals surface area (Å²) in [6, 6.07) is 0.906. The molecule has 0 spiro atoms. The highest BCUT2D eigenvalue weighted by atomic mass is 15.2. The Balaban J connectivity index is 1.88. The van der Waals surface area contributed by atoms with Gasteiger partial charge >= 0.3 is 0 Å². The van der Waals surface area contributed by atoms with E-state index in [1.807, 2.05) is 0 Å². The lowest BCUT2D eigenvalue weighted by Gasteiger charge is -2.35. The van der Waals surface area contributed by atoms with Gasteiger partial charge in [-0.2, -0.15) is 0 Å². The van der Waals surface area contributed by atoms with Crippen molar-refractivity contribution >= 4 is 0 Å². The first kappa shape index (κ1) is 12.4. The van der Waals surface area contributed by atoms with Crippen molar-refractivity contribution in [3.8, 4) is 0 Å². The molecular formula is C14H28N2. The van der Waals surface area contributed by atoms with E-state index in [-0.39, 0.29) is 0 Å². The van der Waals surface area contributed by atoms with Crippen molar-refractivity contribution in [1.82, 2.24) is 10.2 Å². The summed E-state index contributed by atoms with van der Waals surface area (Å²) in [6.45, 7) is 7.46. The Morgan fingerprint density at radius 1 is 1.00 bits per heavy atom. The van der Waals surface area contributed by atoms with Gasteiger partial charge in [0.1, 0.15) is 0 Å². The number of hydrogen-bond acceptors (Lipinski definition) is 2. The van der Waals surface area contributed by atoms with Gasteiger partial charge in [0.25, 0.3) is 0 Å². The van der Waals surface area contributed by atoms with E-state index in [0.29, 0.717) is 0 Å². The molecule has 2 fully saturated rings. The Labute approximate surface area is 101 Å². The van der Waals surface area contributed by atoms with E-state index in [4.69, 9.17) is 0 Å². The molecule has 1 heterocycles. The minimum absolute atomic E-state index is 0.823. The zero-order valence-electron chi connectivity index (χ0n) is 10.9. The molecule has 0 aromatic heterocycles. The highest BCUT2D eigenvalue weighted by molar-refractivity contribution is 4.78. The van der Waals surface area contributed by atoms with Crippen LogP contribution in [0.15, 0.2) is 0 Å². The van der Waals surface area contributed by atoms with Gasteiger partial charge in [-0.3, -0.25) is 0 Å². The quantitative estimate of drug-likeness (QED) is 0.689. The molecule has 1 aliphatic heterocycles. The molecule has 2 rings (SSSR count). The van der Waals surface area contributed by atoms with Crippen LogP contribution >= 0.6 is 0 Å². The van der Waals surface area contributed by atoms with Gasteiger partial charge in [-0.05, 0) is 44.8 Å². The summed E-state index contributed by atoms with van der Waals surface area (Å²) in [4.78, 5) is 2.80. The SMILES string of the molecule is CC1CNCCCN(C2CCCCCC2)C1. The molecule has 0 aromatic carbocycles. The Morgan fingerprint density at radius 3 is 2.50 bits per heavy atom. The van der Waals surface area contributed by atoms with Gasteiger partial charge in [-0.15, -0.1) is 0 Å². The summed E-state index contributed by atoms with van der Waals surface area (Å²) >= 11 is 0. The van der Waals surface area contributed by atoms with Crippen molar-refractivity contribution in [3.63, 3.8) is 0 Å².